The second-order valence-electron chi connectivity index (χ2n) is 10.4. The summed E-state index contributed by atoms with van der Waals surface area (Å²) in [5.74, 6) is 0. The van der Waals surface area contributed by atoms with E-state index in [4.69, 9.17) is 0 Å². The third-order valence-electron chi connectivity index (χ3n) is 7.69. The quantitative estimate of drug-likeness (QED) is 0.116. The molecule has 1 aromatic rings. The minimum absolute atomic E-state index is 0. The Morgan fingerprint density at radius 1 is 0.485 bits per heavy atom. The fraction of sp³-hybridized carbons (Fsp3) is 0.806. The van der Waals surface area contributed by atoms with E-state index in [1.807, 2.05) is 0 Å². The molecule has 1 rings (SSSR count). The van der Waals surface area contributed by atoms with Crippen LogP contribution in [0.2, 0.25) is 0 Å². The minimum atomic E-state index is 0. The first-order valence-electron chi connectivity index (χ1n) is 14.7. The van der Waals surface area contributed by atoms with Gasteiger partial charge in [0.2, 0.25) is 0 Å². The van der Waals surface area contributed by atoms with E-state index in [-0.39, 0.29) is 12.4 Å². The molecule has 33 heavy (non-hydrogen) atoms. The molecular formula is C31H58ClN. The first-order chi connectivity index (χ1) is 15.8. The predicted octanol–water partition coefficient (Wildman–Crippen LogP) is 7.09. The van der Waals surface area contributed by atoms with Gasteiger partial charge in [-0.15, -0.1) is 0 Å². The fourth-order valence-corrected chi connectivity index (χ4v) is 5.16. The lowest BCUT2D eigenvalue weighted by Crippen LogP contribution is -3.00. The van der Waals surface area contributed by atoms with Gasteiger partial charge >= 0.3 is 0 Å². The van der Waals surface area contributed by atoms with Crippen molar-refractivity contribution in [2.24, 2.45) is 0 Å². The Balaban J connectivity index is 0.0000102. The number of hydrogen-bond donors (Lipinski definition) is 0. The molecule has 0 saturated heterocycles. The van der Waals surface area contributed by atoms with Gasteiger partial charge in [0.05, 0.1) is 19.6 Å². The lowest BCUT2D eigenvalue weighted by molar-refractivity contribution is -0.938. The highest BCUT2D eigenvalue weighted by atomic mass is 35.5. The summed E-state index contributed by atoms with van der Waals surface area (Å²) in [5.41, 5.74) is 1.50. The second-order valence-corrected chi connectivity index (χ2v) is 10.4. The van der Waals surface area contributed by atoms with Gasteiger partial charge < -0.3 is 16.9 Å². The van der Waals surface area contributed by atoms with E-state index in [9.17, 15) is 0 Å². The van der Waals surface area contributed by atoms with Gasteiger partial charge in [-0.2, -0.15) is 0 Å². The number of unbranched alkanes of at least 4 members (excludes halogenated alkanes) is 17. The Morgan fingerprint density at radius 2 is 0.848 bits per heavy atom. The van der Waals surface area contributed by atoms with Gasteiger partial charge in [-0.1, -0.05) is 140 Å². The molecule has 0 aliphatic carbocycles. The van der Waals surface area contributed by atoms with Crippen LogP contribution in [-0.2, 0) is 6.54 Å². The molecule has 0 saturated carbocycles. The zero-order chi connectivity index (χ0) is 23.2. The Bertz CT molecular complexity index is 497. The van der Waals surface area contributed by atoms with Crippen LogP contribution in [0.15, 0.2) is 30.3 Å². The number of benzene rings is 1. The van der Waals surface area contributed by atoms with Crippen LogP contribution in [-0.4, -0.2) is 24.1 Å². The van der Waals surface area contributed by atoms with Crippen molar-refractivity contribution in [2.75, 3.05) is 19.6 Å². The number of rotatable bonds is 23. The lowest BCUT2D eigenvalue weighted by atomic mass is 10.0. The van der Waals surface area contributed by atoms with Gasteiger partial charge in [-0.25, -0.2) is 0 Å². The van der Waals surface area contributed by atoms with Crippen molar-refractivity contribution in [3.8, 4) is 0 Å². The number of hydrogen-bond acceptors (Lipinski definition) is 0. The molecule has 1 aromatic carbocycles. The van der Waals surface area contributed by atoms with E-state index in [1.54, 1.807) is 0 Å². The summed E-state index contributed by atoms with van der Waals surface area (Å²) >= 11 is 0. The summed E-state index contributed by atoms with van der Waals surface area (Å²) in [6.07, 6.45) is 26.2. The summed E-state index contributed by atoms with van der Waals surface area (Å²) < 4.78 is 1.25. The van der Waals surface area contributed by atoms with Crippen molar-refractivity contribution >= 4 is 0 Å². The third-order valence-corrected chi connectivity index (χ3v) is 7.69. The van der Waals surface area contributed by atoms with E-state index < -0.39 is 0 Å². The van der Waals surface area contributed by atoms with E-state index >= 15 is 0 Å². The van der Waals surface area contributed by atoms with Crippen molar-refractivity contribution in [1.82, 2.24) is 0 Å². The second kappa shape index (κ2) is 23.2. The molecule has 0 aliphatic rings. The smallest absolute Gasteiger partial charge is 0.104 e. The number of quaternary nitrogens is 1. The van der Waals surface area contributed by atoms with E-state index in [0.717, 1.165) is 0 Å². The van der Waals surface area contributed by atoms with Crippen molar-refractivity contribution in [3.63, 3.8) is 0 Å². The minimum Gasteiger partial charge on any atom is -1.00 e. The monoisotopic (exact) mass is 479 g/mol. The van der Waals surface area contributed by atoms with E-state index in [1.165, 1.54) is 152 Å². The van der Waals surface area contributed by atoms with Gasteiger partial charge in [0, 0.05) is 5.56 Å². The topological polar surface area (TPSA) is 0 Å². The fourth-order valence-electron chi connectivity index (χ4n) is 5.16. The molecule has 2 heteroatoms. The molecule has 1 nitrogen and oxygen atoms in total. The summed E-state index contributed by atoms with van der Waals surface area (Å²) in [7, 11) is 0. The molecule has 0 N–H and O–H groups in total. The Kier molecular flexibility index (Phi) is 22.9. The summed E-state index contributed by atoms with van der Waals surface area (Å²) in [5, 5.41) is 0. The molecule has 0 spiro atoms. The highest BCUT2D eigenvalue weighted by Gasteiger charge is 2.22. The molecular weight excluding hydrogens is 422 g/mol. The van der Waals surface area contributed by atoms with Gasteiger partial charge in [0.15, 0.2) is 0 Å². The Labute approximate surface area is 215 Å². The average molecular weight is 480 g/mol. The maximum absolute atomic E-state index is 2.38. The van der Waals surface area contributed by atoms with Gasteiger partial charge in [-0.05, 0) is 26.7 Å². The maximum atomic E-state index is 2.38. The molecule has 0 fully saturated rings. The molecule has 0 bridgehead atoms. The van der Waals surface area contributed by atoms with Crippen LogP contribution in [0.4, 0.5) is 0 Å². The zero-order valence-electron chi connectivity index (χ0n) is 22.8. The molecule has 0 heterocycles. The highest BCUT2D eigenvalue weighted by Crippen LogP contribution is 2.18. The Hall–Kier alpha value is -0.530. The van der Waals surface area contributed by atoms with Gasteiger partial charge in [0.25, 0.3) is 0 Å². The van der Waals surface area contributed by atoms with Crippen LogP contribution in [0.3, 0.4) is 0 Å². The van der Waals surface area contributed by atoms with Crippen LogP contribution in [0.1, 0.15) is 142 Å². The largest absolute Gasteiger partial charge is 1.00 e. The summed E-state index contributed by atoms with van der Waals surface area (Å²) in [4.78, 5) is 0. The normalized spacial score (nSPS) is 11.5. The molecule has 0 amide bonds. The number of nitrogens with zero attached hydrogens (tertiary/aromatic N) is 1. The standard InChI is InChI=1S/C31H58N.ClH/c1-4-7-8-9-10-11-12-13-14-15-16-17-18-19-20-21-22-26-29-32(5-2,6-3)30-31-27-24-23-25-28-31;/h23-25,27-28H,4-22,26,29-30H2,1-3H3;1H/q+1;/p-1. The predicted molar refractivity (Wildman–Crippen MR) is 145 cm³/mol. The molecule has 0 radical (unpaired) electrons. The van der Waals surface area contributed by atoms with Gasteiger partial charge in [0.1, 0.15) is 6.54 Å². The van der Waals surface area contributed by atoms with Crippen molar-refractivity contribution in [3.05, 3.63) is 35.9 Å². The molecule has 194 valence electrons. The van der Waals surface area contributed by atoms with Crippen molar-refractivity contribution < 1.29 is 16.9 Å². The highest BCUT2D eigenvalue weighted by molar-refractivity contribution is 5.13. The van der Waals surface area contributed by atoms with Crippen LogP contribution in [0.25, 0.3) is 0 Å². The first-order valence-corrected chi connectivity index (χ1v) is 14.7. The molecule has 0 unspecified atom stereocenters. The lowest BCUT2D eigenvalue weighted by Gasteiger charge is -2.37. The zero-order valence-corrected chi connectivity index (χ0v) is 23.5. The first kappa shape index (κ1) is 32.5. The maximum Gasteiger partial charge on any atom is 0.104 e. The van der Waals surface area contributed by atoms with Crippen LogP contribution >= 0.6 is 0 Å². The van der Waals surface area contributed by atoms with Crippen molar-refractivity contribution in [2.45, 2.75) is 143 Å². The van der Waals surface area contributed by atoms with Crippen molar-refractivity contribution in [1.29, 1.82) is 0 Å². The van der Waals surface area contributed by atoms with Crippen LogP contribution in [0, 0.1) is 0 Å². The molecule has 0 atom stereocenters. The summed E-state index contributed by atoms with van der Waals surface area (Å²) in [6.45, 7) is 12.1. The average Bonchev–Trinajstić information content (AvgIpc) is 2.83. The van der Waals surface area contributed by atoms with E-state index in [0.29, 0.717) is 0 Å². The SMILES string of the molecule is CCCCCCCCCCCCCCCCCCCC[N+](CC)(CC)Cc1ccccc1.[Cl-]. The summed E-state index contributed by atoms with van der Waals surface area (Å²) in [6, 6.07) is 11.1. The molecule has 0 aliphatic heterocycles. The Morgan fingerprint density at radius 3 is 1.21 bits per heavy atom. The van der Waals surface area contributed by atoms with Crippen LogP contribution < -0.4 is 12.4 Å². The van der Waals surface area contributed by atoms with E-state index in [2.05, 4.69) is 51.1 Å². The van der Waals surface area contributed by atoms with Crippen LogP contribution in [0.5, 0.6) is 0 Å². The third kappa shape index (κ3) is 17.5. The number of halogens is 1. The molecule has 0 aromatic heterocycles. The van der Waals surface area contributed by atoms with Gasteiger partial charge in [-0.3, -0.25) is 0 Å².